The number of hydrogen-bond acceptors (Lipinski definition) is 5. The number of rotatable bonds is 11. The van der Waals surface area contributed by atoms with Crippen LogP contribution in [0.3, 0.4) is 0 Å². The Balaban J connectivity index is 2.06. The lowest BCUT2D eigenvalue weighted by molar-refractivity contribution is 0.0740. The number of aromatic hydroxyl groups is 1. The maximum absolute atomic E-state index is 14.1. The quantitative estimate of drug-likeness (QED) is 0.368. The van der Waals surface area contributed by atoms with Crippen LogP contribution in [0, 0.1) is 23.5 Å². The number of amides is 2. The third-order valence-corrected chi connectivity index (χ3v) is 7.44. The van der Waals surface area contributed by atoms with Gasteiger partial charge in [-0.05, 0) is 44.1 Å². The molecule has 0 aliphatic heterocycles. The fourth-order valence-corrected chi connectivity index (χ4v) is 5.01. The number of hydrogen-bond donors (Lipinski definition) is 3. The van der Waals surface area contributed by atoms with Crippen LogP contribution in [-0.2, 0) is 13.6 Å². The molecule has 2 N–H and O–H groups in total. The molecule has 1 aromatic carbocycles. The summed E-state index contributed by atoms with van der Waals surface area (Å²) >= 11 is 4.70. The molecule has 1 fully saturated rings. The van der Waals surface area contributed by atoms with Gasteiger partial charge in [-0.25, -0.2) is 8.78 Å². The number of aromatic nitrogens is 1. The zero-order chi connectivity index (χ0) is 27.4. The van der Waals surface area contributed by atoms with Gasteiger partial charge < -0.3 is 19.9 Å². The Morgan fingerprint density at radius 3 is 2.51 bits per heavy atom. The van der Waals surface area contributed by atoms with Gasteiger partial charge in [0.25, 0.3) is 11.8 Å². The fraction of sp³-hybridized carbons (Fsp3) is 0.519. The summed E-state index contributed by atoms with van der Waals surface area (Å²) < 4.78 is 28.7. The lowest BCUT2D eigenvalue weighted by Crippen LogP contribution is -2.38. The van der Waals surface area contributed by atoms with E-state index >= 15 is 0 Å². The van der Waals surface area contributed by atoms with Gasteiger partial charge >= 0.3 is 0 Å². The monoisotopic (exact) mass is 535 g/mol. The average molecular weight is 536 g/mol. The van der Waals surface area contributed by atoms with Crippen molar-refractivity contribution >= 4 is 24.4 Å². The van der Waals surface area contributed by atoms with Crippen molar-refractivity contribution in [1.29, 1.82) is 0 Å². The van der Waals surface area contributed by atoms with Gasteiger partial charge in [-0.2, -0.15) is 12.6 Å². The van der Waals surface area contributed by atoms with E-state index in [0.29, 0.717) is 31.5 Å². The molecule has 1 aromatic heterocycles. The zero-order valence-corrected chi connectivity index (χ0v) is 22.6. The molecule has 2 aromatic rings. The number of carbonyl (C=O) groups is 2. The Labute approximate surface area is 221 Å². The zero-order valence-electron chi connectivity index (χ0n) is 21.7. The molecule has 1 aliphatic carbocycles. The minimum atomic E-state index is -0.987. The Kier molecular flexibility index (Phi) is 9.39. The second-order valence-corrected chi connectivity index (χ2v) is 10.4. The van der Waals surface area contributed by atoms with Crippen molar-refractivity contribution in [2.75, 3.05) is 13.1 Å². The molecule has 10 heteroatoms. The topological polar surface area (TPSA) is 91.6 Å². The largest absolute Gasteiger partial charge is 0.503 e. The van der Waals surface area contributed by atoms with E-state index in [2.05, 4.69) is 5.32 Å². The van der Waals surface area contributed by atoms with Crippen molar-refractivity contribution in [3.05, 3.63) is 62.6 Å². The molecular formula is C27H35F2N3O4S. The average Bonchev–Trinajstić information content (AvgIpc) is 3.67. The summed E-state index contributed by atoms with van der Waals surface area (Å²) in [6, 6.07) is 2.97. The molecule has 202 valence electrons. The number of halogens is 2. The second kappa shape index (κ2) is 12.1. The summed E-state index contributed by atoms with van der Waals surface area (Å²) in [4.78, 5) is 41.7. The predicted molar refractivity (Wildman–Crippen MR) is 141 cm³/mol. The third-order valence-electron chi connectivity index (χ3n) is 6.99. The molecule has 3 rings (SSSR count). The Morgan fingerprint density at radius 1 is 1.27 bits per heavy atom. The lowest BCUT2D eigenvalue weighted by Gasteiger charge is -2.27. The summed E-state index contributed by atoms with van der Waals surface area (Å²) in [5, 5.41) is 12.8. The minimum absolute atomic E-state index is 0.0323. The first kappa shape index (κ1) is 28.7. The molecule has 1 heterocycles. The molecule has 0 saturated heterocycles. The number of nitrogens with one attached hydrogen (secondary N) is 1. The highest BCUT2D eigenvalue weighted by Crippen LogP contribution is 2.34. The van der Waals surface area contributed by atoms with Gasteiger partial charge in [0.2, 0.25) is 5.43 Å². The SMILES string of the molecule is CCC(C)CC(S)c1c(C(=O)NCc2ccc(F)cc2F)c(=O)c(O)c(C(=O)N(CC)CC2CC2)n1C. The van der Waals surface area contributed by atoms with Crippen molar-refractivity contribution in [3.63, 3.8) is 0 Å². The van der Waals surface area contributed by atoms with E-state index in [0.717, 1.165) is 25.3 Å². The molecule has 2 unspecified atom stereocenters. The van der Waals surface area contributed by atoms with Crippen LogP contribution in [0.15, 0.2) is 23.0 Å². The van der Waals surface area contributed by atoms with E-state index in [-0.39, 0.29) is 35.0 Å². The minimum Gasteiger partial charge on any atom is -0.503 e. The molecule has 0 bridgehead atoms. The maximum atomic E-state index is 14.1. The molecule has 37 heavy (non-hydrogen) atoms. The standard InChI is InChI=1S/C27H35F2N3O4S/c1-5-15(3)11-20(37)22-21(26(35)30-13-17-9-10-18(28)12-19(17)29)24(33)25(34)23(31(22)4)27(36)32(6-2)14-16-7-8-16/h9-10,12,15-16,20,34,37H,5-8,11,13-14H2,1-4H3,(H,30,35). The van der Waals surface area contributed by atoms with Gasteiger partial charge in [0, 0.05) is 49.3 Å². The molecule has 7 nitrogen and oxygen atoms in total. The first-order valence-electron chi connectivity index (χ1n) is 12.6. The van der Waals surface area contributed by atoms with Crippen LogP contribution in [0.1, 0.15) is 83.8 Å². The first-order valence-corrected chi connectivity index (χ1v) is 13.2. The van der Waals surface area contributed by atoms with Crippen molar-refractivity contribution < 1.29 is 23.5 Å². The summed E-state index contributed by atoms with van der Waals surface area (Å²) in [5.74, 6) is -3.12. The van der Waals surface area contributed by atoms with Crippen LogP contribution in [0.5, 0.6) is 5.75 Å². The van der Waals surface area contributed by atoms with E-state index in [1.54, 1.807) is 4.90 Å². The van der Waals surface area contributed by atoms with E-state index < -0.39 is 39.9 Å². The molecule has 2 atom stereocenters. The van der Waals surface area contributed by atoms with E-state index in [1.807, 2.05) is 20.8 Å². The third kappa shape index (κ3) is 6.52. The Morgan fingerprint density at radius 2 is 1.95 bits per heavy atom. The number of nitrogens with zero attached hydrogens (tertiary/aromatic N) is 2. The van der Waals surface area contributed by atoms with Crippen LogP contribution in [-0.4, -0.2) is 39.5 Å². The number of pyridine rings is 1. The Hall–Kier alpha value is -2.88. The van der Waals surface area contributed by atoms with Crippen LogP contribution >= 0.6 is 12.6 Å². The summed E-state index contributed by atoms with van der Waals surface area (Å²) in [5.41, 5.74) is -1.29. The van der Waals surface area contributed by atoms with Crippen molar-refractivity contribution in [2.24, 2.45) is 18.9 Å². The second-order valence-electron chi connectivity index (χ2n) is 9.82. The highest BCUT2D eigenvalue weighted by Gasteiger charge is 2.34. The van der Waals surface area contributed by atoms with Gasteiger partial charge in [0.05, 0.1) is 0 Å². The number of thiol groups is 1. The summed E-state index contributed by atoms with van der Waals surface area (Å²) in [6.45, 7) is 6.48. The first-order chi connectivity index (χ1) is 17.5. The number of carbonyl (C=O) groups excluding carboxylic acids is 2. The van der Waals surface area contributed by atoms with Crippen LogP contribution in [0.25, 0.3) is 0 Å². The van der Waals surface area contributed by atoms with Crippen molar-refractivity contribution in [2.45, 2.75) is 58.2 Å². The van der Waals surface area contributed by atoms with Crippen LogP contribution in [0.2, 0.25) is 0 Å². The van der Waals surface area contributed by atoms with Crippen LogP contribution in [0.4, 0.5) is 8.78 Å². The van der Waals surface area contributed by atoms with Gasteiger partial charge in [0.15, 0.2) is 11.4 Å². The molecule has 1 saturated carbocycles. The van der Waals surface area contributed by atoms with Gasteiger partial charge in [0.1, 0.15) is 17.2 Å². The molecule has 0 spiro atoms. The summed E-state index contributed by atoms with van der Waals surface area (Å²) in [6.07, 6.45) is 3.41. The summed E-state index contributed by atoms with van der Waals surface area (Å²) in [7, 11) is 1.53. The predicted octanol–water partition coefficient (Wildman–Crippen LogP) is 4.58. The van der Waals surface area contributed by atoms with Gasteiger partial charge in [-0.15, -0.1) is 0 Å². The van der Waals surface area contributed by atoms with E-state index in [9.17, 15) is 28.3 Å². The Bertz CT molecular complexity index is 1230. The van der Waals surface area contributed by atoms with E-state index in [4.69, 9.17) is 12.6 Å². The molecule has 1 aliphatic rings. The van der Waals surface area contributed by atoms with Gasteiger partial charge in [-0.3, -0.25) is 14.4 Å². The fourth-order valence-electron chi connectivity index (χ4n) is 4.35. The maximum Gasteiger partial charge on any atom is 0.274 e. The molecule has 0 radical (unpaired) electrons. The van der Waals surface area contributed by atoms with Crippen LogP contribution < -0.4 is 10.7 Å². The van der Waals surface area contributed by atoms with Crippen molar-refractivity contribution in [1.82, 2.24) is 14.8 Å². The highest BCUT2D eigenvalue weighted by molar-refractivity contribution is 7.80. The molecular weight excluding hydrogens is 500 g/mol. The van der Waals surface area contributed by atoms with Gasteiger partial charge in [-0.1, -0.05) is 26.3 Å². The highest BCUT2D eigenvalue weighted by atomic mass is 32.1. The number of benzene rings is 1. The normalized spacial score (nSPS) is 14.8. The molecule has 2 amide bonds. The van der Waals surface area contributed by atoms with Crippen molar-refractivity contribution in [3.8, 4) is 5.75 Å². The lowest BCUT2D eigenvalue weighted by atomic mass is 9.97. The smallest absolute Gasteiger partial charge is 0.274 e. The van der Waals surface area contributed by atoms with E-state index in [1.165, 1.54) is 17.7 Å².